The molecule has 0 aliphatic rings. The maximum absolute atomic E-state index is 11.0. The first kappa shape index (κ1) is 12.9. The second-order valence-electron chi connectivity index (χ2n) is 3.84. The Morgan fingerprint density at radius 1 is 1.56 bits per heavy atom. The van der Waals surface area contributed by atoms with Crippen molar-refractivity contribution in [2.75, 3.05) is 5.73 Å². The molecular formula is C12H17NO2S. The lowest BCUT2D eigenvalue weighted by molar-refractivity contribution is 0.0697. The molecule has 0 heterocycles. The summed E-state index contributed by atoms with van der Waals surface area (Å²) < 4.78 is 0. The van der Waals surface area contributed by atoms with E-state index >= 15 is 0 Å². The Bertz CT molecular complexity index is 404. The van der Waals surface area contributed by atoms with Gasteiger partial charge in [-0.2, -0.15) is 0 Å². The minimum atomic E-state index is -0.966. The molecule has 16 heavy (non-hydrogen) atoms. The van der Waals surface area contributed by atoms with Crippen LogP contribution in [0.15, 0.2) is 17.0 Å². The number of carboxylic acid groups (broad SMARTS) is 1. The van der Waals surface area contributed by atoms with Crippen molar-refractivity contribution in [3.8, 4) is 0 Å². The molecule has 1 atom stereocenters. The molecule has 0 amide bonds. The van der Waals surface area contributed by atoms with E-state index in [1.807, 2.05) is 13.0 Å². The Balaban J connectivity index is 3.09. The number of nitrogens with two attached hydrogens (primary N) is 1. The predicted octanol–water partition coefficient (Wildman–Crippen LogP) is 3.17. The number of anilines is 1. The molecule has 88 valence electrons. The highest BCUT2D eigenvalue weighted by Crippen LogP contribution is 2.30. The highest BCUT2D eigenvalue weighted by atomic mass is 32.2. The molecule has 1 unspecified atom stereocenters. The van der Waals surface area contributed by atoms with Crippen LogP contribution in [-0.2, 0) is 0 Å². The Morgan fingerprint density at radius 3 is 2.69 bits per heavy atom. The van der Waals surface area contributed by atoms with Gasteiger partial charge in [-0.3, -0.25) is 0 Å². The number of thioether (sulfide) groups is 1. The summed E-state index contributed by atoms with van der Waals surface area (Å²) in [5.41, 5.74) is 7.11. The second-order valence-corrected chi connectivity index (χ2v) is 5.36. The topological polar surface area (TPSA) is 63.3 Å². The van der Waals surface area contributed by atoms with E-state index in [2.05, 4.69) is 13.8 Å². The first-order valence-electron chi connectivity index (χ1n) is 5.25. The molecule has 0 radical (unpaired) electrons. The van der Waals surface area contributed by atoms with Gasteiger partial charge in [-0.05, 0) is 31.0 Å². The molecule has 0 fully saturated rings. The average Bonchev–Trinajstić information content (AvgIpc) is 2.22. The van der Waals surface area contributed by atoms with Gasteiger partial charge >= 0.3 is 5.97 Å². The van der Waals surface area contributed by atoms with Gasteiger partial charge in [0.1, 0.15) is 0 Å². The number of carboxylic acids is 1. The third-order valence-electron chi connectivity index (χ3n) is 2.50. The predicted molar refractivity (Wildman–Crippen MR) is 68.2 cm³/mol. The number of carbonyl (C=O) groups is 1. The fraction of sp³-hybridized carbons (Fsp3) is 0.417. The van der Waals surface area contributed by atoms with Crippen molar-refractivity contribution < 1.29 is 9.90 Å². The van der Waals surface area contributed by atoms with E-state index in [9.17, 15) is 4.79 Å². The van der Waals surface area contributed by atoms with Gasteiger partial charge in [-0.1, -0.05) is 13.8 Å². The number of nitrogen functional groups attached to an aromatic ring is 1. The van der Waals surface area contributed by atoms with Gasteiger partial charge in [-0.25, -0.2) is 4.79 Å². The SMILES string of the molecule is CCC(C)Sc1cc(C)c(N)c(C(=O)O)c1. The Hall–Kier alpha value is -1.16. The van der Waals surface area contributed by atoms with E-state index in [1.165, 1.54) is 0 Å². The molecule has 0 saturated carbocycles. The third kappa shape index (κ3) is 2.92. The van der Waals surface area contributed by atoms with Crippen molar-refractivity contribution in [3.05, 3.63) is 23.3 Å². The highest BCUT2D eigenvalue weighted by Gasteiger charge is 2.13. The molecule has 0 spiro atoms. The third-order valence-corrected chi connectivity index (χ3v) is 3.75. The van der Waals surface area contributed by atoms with Crippen LogP contribution < -0.4 is 5.73 Å². The summed E-state index contributed by atoms with van der Waals surface area (Å²) in [5.74, 6) is -0.966. The van der Waals surface area contributed by atoms with Crippen molar-refractivity contribution in [1.82, 2.24) is 0 Å². The zero-order valence-corrected chi connectivity index (χ0v) is 10.6. The molecule has 0 bridgehead atoms. The minimum absolute atomic E-state index is 0.200. The zero-order chi connectivity index (χ0) is 12.3. The van der Waals surface area contributed by atoms with E-state index in [0.717, 1.165) is 16.9 Å². The van der Waals surface area contributed by atoms with Gasteiger partial charge in [0.2, 0.25) is 0 Å². The quantitative estimate of drug-likeness (QED) is 0.625. The van der Waals surface area contributed by atoms with Gasteiger partial charge in [0.05, 0.1) is 5.56 Å². The molecule has 0 saturated heterocycles. The molecule has 0 aliphatic carbocycles. The molecule has 0 aromatic heterocycles. The standard InChI is InChI=1S/C12H17NO2S/c1-4-8(3)16-9-5-7(2)11(13)10(6-9)12(14)15/h5-6,8H,4,13H2,1-3H3,(H,14,15). The fourth-order valence-electron chi connectivity index (χ4n) is 1.33. The first-order chi connectivity index (χ1) is 7.45. The summed E-state index contributed by atoms with van der Waals surface area (Å²) in [6.07, 6.45) is 1.05. The summed E-state index contributed by atoms with van der Waals surface area (Å²) >= 11 is 1.68. The summed E-state index contributed by atoms with van der Waals surface area (Å²) in [5, 5.41) is 9.49. The van der Waals surface area contributed by atoms with Crippen LogP contribution in [0, 0.1) is 6.92 Å². The van der Waals surface area contributed by atoms with Crippen LogP contribution in [0.25, 0.3) is 0 Å². The number of hydrogen-bond acceptors (Lipinski definition) is 3. The van der Waals surface area contributed by atoms with Gasteiger partial charge in [0.15, 0.2) is 0 Å². The number of benzene rings is 1. The Kier molecular flexibility index (Phi) is 4.24. The van der Waals surface area contributed by atoms with Crippen molar-refractivity contribution in [1.29, 1.82) is 0 Å². The lowest BCUT2D eigenvalue weighted by Crippen LogP contribution is -2.05. The summed E-state index contributed by atoms with van der Waals surface area (Å²) in [4.78, 5) is 12.0. The van der Waals surface area contributed by atoms with Crippen LogP contribution in [0.2, 0.25) is 0 Å². The lowest BCUT2D eigenvalue weighted by atomic mass is 10.1. The summed E-state index contributed by atoms with van der Waals surface area (Å²) in [7, 11) is 0. The minimum Gasteiger partial charge on any atom is -0.478 e. The van der Waals surface area contributed by atoms with E-state index in [0.29, 0.717) is 10.9 Å². The van der Waals surface area contributed by atoms with Crippen molar-refractivity contribution in [3.63, 3.8) is 0 Å². The van der Waals surface area contributed by atoms with Gasteiger partial charge in [0, 0.05) is 15.8 Å². The fourth-order valence-corrected chi connectivity index (χ4v) is 2.39. The molecule has 4 heteroatoms. The Labute approximate surface area is 100 Å². The Morgan fingerprint density at radius 2 is 2.19 bits per heavy atom. The van der Waals surface area contributed by atoms with Gasteiger partial charge in [-0.15, -0.1) is 11.8 Å². The summed E-state index contributed by atoms with van der Waals surface area (Å²) in [6.45, 7) is 6.07. The van der Waals surface area contributed by atoms with Crippen molar-refractivity contribution in [2.24, 2.45) is 0 Å². The van der Waals surface area contributed by atoms with Crippen LogP contribution in [0.5, 0.6) is 0 Å². The largest absolute Gasteiger partial charge is 0.478 e. The monoisotopic (exact) mass is 239 g/mol. The molecule has 0 aliphatic heterocycles. The van der Waals surface area contributed by atoms with E-state index in [-0.39, 0.29) is 5.56 Å². The second kappa shape index (κ2) is 5.25. The van der Waals surface area contributed by atoms with Crippen LogP contribution in [-0.4, -0.2) is 16.3 Å². The van der Waals surface area contributed by atoms with Crippen molar-refractivity contribution >= 4 is 23.4 Å². The number of rotatable bonds is 4. The van der Waals surface area contributed by atoms with Gasteiger partial charge < -0.3 is 10.8 Å². The molecule has 3 nitrogen and oxygen atoms in total. The van der Waals surface area contributed by atoms with Crippen LogP contribution >= 0.6 is 11.8 Å². The number of aryl methyl sites for hydroxylation is 1. The number of hydrogen-bond donors (Lipinski definition) is 2. The van der Waals surface area contributed by atoms with Crippen LogP contribution in [0.3, 0.4) is 0 Å². The highest BCUT2D eigenvalue weighted by molar-refractivity contribution is 7.99. The van der Waals surface area contributed by atoms with E-state index in [4.69, 9.17) is 10.8 Å². The summed E-state index contributed by atoms with van der Waals surface area (Å²) in [6, 6.07) is 3.60. The van der Waals surface area contributed by atoms with Crippen LogP contribution in [0.1, 0.15) is 36.2 Å². The maximum atomic E-state index is 11.0. The number of aromatic carboxylic acids is 1. The molecule has 1 aromatic carbocycles. The molecule has 1 rings (SSSR count). The molecule has 3 N–H and O–H groups in total. The lowest BCUT2D eigenvalue weighted by Gasteiger charge is -2.12. The molecule has 1 aromatic rings. The van der Waals surface area contributed by atoms with Crippen LogP contribution in [0.4, 0.5) is 5.69 Å². The molecular weight excluding hydrogens is 222 g/mol. The average molecular weight is 239 g/mol. The first-order valence-corrected chi connectivity index (χ1v) is 6.13. The maximum Gasteiger partial charge on any atom is 0.337 e. The zero-order valence-electron chi connectivity index (χ0n) is 9.78. The smallest absolute Gasteiger partial charge is 0.337 e. The van der Waals surface area contributed by atoms with Gasteiger partial charge in [0.25, 0.3) is 0 Å². The van der Waals surface area contributed by atoms with E-state index < -0.39 is 5.97 Å². The van der Waals surface area contributed by atoms with Crippen molar-refractivity contribution in [2.45, 2.75) is 37.3 Å². The van der Waals surface area contributed by atoms with E-state index in [1.54, 1.807) is 17.8 Å². The normalized spacial score (nSPS) is 12.4.